The average molecular weight is 264 g/mol. The third-order valence-corrected chi connectivity index (χ3v) is 4.07. The van der Waals surface area contributed by atoms with Crippen molar-refractivity contribution in [3.8, 4) is 0 Å². The molecule has 0 saturated carbocycles. The van der Waals surface area contributed by atoms with Gasteiger partial charge in [0.05, 0.1) is 6.10 Å². The molecule has 0 aromatic heterocycles. The lowest BCUT2D eigenvalue weighted by Gasteiger charge is -2.21. The zero-order chi connectivity index (χ0) is 13.6. The Hall–Kier alpha value is -0.620. The maximum Gasteiger partial charge on any atom is 0.317 e. The summed E-state index contributed by atoms with van der Waals surface area (Å²) in [5, 5.41) is 11.8. The van der Waals surface area contributed by atoms with E-state index in [9.17, 15) is 9.00 Å². The summed E-state index contributed by atoms with van der Waals surface area (Å²) in [6, 6.07) is -0.253. The molecule has 6 heteroatoms. The van der Waals surface area contributed by atoms with E-state index in [0.717, 1.165) is 0 Å². The second-order valence-electron chi connectivity index (χ2n) is 5.12. The summed E-state index contributed by atoms with van der Waals surface area (Å²) in [6.07, 6.45) is -0.547. The van der Waals surface area contributed by atoms with Gasteiger partial charge < -0.3 is 15.3 Å². The lowest BCUT2D eigenvalue weighted by Crippen LogP contribution is -2.42. The minimum absolute atomic E-state index is 0.253. The van der Waals surface area contributed by atoms with E-state index in [2.05, 4.69) is 5.32 Å². The Morgan fingerprint density at radius 2 is 2.00 bits per heavy atom. The normalized spacial score (nSPS) is 15.2. The molecule has 5 nitrogen and oxygen atoms in total. The molecule has 2 amide bonds. The molecule has 2 N–H and O–H groups in total. The second kappa shape index (κ2) is 6.96. The largest absolute Gasteiger partial charge is 0.392 e. The molecule has 0 aliphatic rings. The molecule has 0 heterocycles. The minimum atomic E-state index is -0.960. The van der Waals surface area contributed by atoms with Crippen molar-refractivity contribution in [2.75, 3.05) is 25.9 Å². The predicted molar refractivity (Wildman–Crippen MR) is 70.5 cm³/mol. The Balaban J connectivity index is 3.90. The SMILES string of the molecule is CC(O)CN(C)C(=O)NCCS(=O)C(C)(C)C. The minimum Gasteiger partial charge on any atom is -0.392 e. The number of aliphatic hydroxyl groups is 1. The van der Waals surface area contributed by atoms with E-state index >= 15 is 0 Å². The standard InChI is InChI=1S/C11H24N2O3S/c1-9(14)8-13(5)10(15)12-6-7-17(16)11(2,3)4/h9,14H,6-8H2,1-5H3,(H,12,15). The molecule has 0 aromatic rings. The van der Waals surface area contributed by atoms with E-state index in [1.165, 1.54) is 4.90 Å². The highest BCUT2D eigenvalue weighted by molar-refractivity contribution is 7.86. The fraction of sp³-hybridized carbons (Fsp3) is 0.909. The van der Waals surface area contributed by atoms with Crippen molar-refractivity contribution < 1.29 is 14.1 Å². The van der Waals surface area contributed by atoms with Crippen molar-refractivity contribution in [3.63, 3.8) is 0 Å². The van der Waals surface area contributed by atoms with Gasteiger partial charge in [0.25, 0.3) is 0 Å². The number of carbonyl (C=O) groups excluding carboxylic acids is 1. The van der Waals surface area contributed by atoms with Crippen molar-refractivity contribution in [3.05, 3.63) is 0 Å². The highest BCUT2D eigenvalue weighted by Gasteiger charge is 2.19. The van der Waals surface area contributed by atoms with Crippen LogP contribution in [0.1, 0.15) is 27.7 Å². The van der Waals surface area contributed by atoms with Crippen LogP contribution in [0.15, 0.2) is 0 Å². The molecule has 0 bridgehead atoms. The number of aliphatic hydroxyl groups excluding tert-OH is 1. The van der Waals surface area contributed by atoms with Crippen LogP contribution in [0.5, 0.6) is 0 Å². The molecule has 0 aliphatic carbocycles. The summed E-state index contributed by atoms with van der Waals surface area (Å²) >= 11 is 0. The number of carbonyl (C=O) groups is 1. The first kappa shape index (κ1) is 16.4. The van der Waals surface area contributed by atoms with E-state index in [-0.39, 0.29) is 17.3 Å². The first-order chi connectivity index (χ1) is 7.64. The maximum atomic E-state index is 11.7. The van der Waals surface area contributed by atoms with Gasteiger partial charge in [0.1, 0.15) is 0 Å². The highest BCUT2D eigenvalue weighted by atomic mass is 32.2. The second-order valence-corrected chi connectivity index (χ2v) is 7.45. The molecule has 0 radical (unpaired) electrons. The van der Waals surface area contributed by atoms with Crippen LogP contribution >= 0.6 is 0 Å². The number of urea groups is 1. The van der Waals surface area contributed by atoms with Crippen molar-refractivity contribution in [1.82, 2.24) is 10.2 Å². The molecule has 2 unspecified atom stereocenters. The number of amides is 2. The molecule has 0 saturated heterocycles. The molecular formula is C11H24N2O3S. The molecule has 17 heavy (non-hydrogen) atoms. The van der Waals surface area contributed by atoms with E-state index < -0.39 is 16.9 Å². The fourth-order valence-corrected chi connectivity index (χ4v) is 2.07. The van der Waals surface area contributed by atoms with E-state index in [0.29, 0.717) is 12.3 Å². The van der Waals surface area contributed by atoms with Gasteiger partial charge in [0.15, 0.2) is 0 Å². The van der Waals surface area contributed by atoms with E-state index in [1.807, 2.05) is 20.8 Å². The lowest BCUT2D eigenvalue weighted by molar-refractivity contribution is 0.144. The Kier molecular flexibility index (Phi) is 6.70. The van der Waals surface area contributed by atoms with Crippen molar-refractivity contribution in [2.45, 2.75) is 38.5 Å². The highest BCUT2D eigenvalue weighted by Crippen LogP contribution is 2.10. The third-order valence-electron chi connectivity index (χ3n) is 2.13. The third kappa shape index (κ3) is 7.33. The molecule has 0 fully saturated rings. The molecule has 0 spiro atoms. The van der Waals surface area contributed by atoms with Crippen LogP contribution in [0.2, 0.25) is 0 Å². The Labute approximate surface area is 106 Å². The van der Waals surface area contributed by atoms with Crippen LogP contribution in [0.3, 0.4) is 0 Å². The average Bonchev–Trinajstić information content (AvgIpc) is 2.14. The number of hydrogen-bond donors (Lipinski definition) is 2. The Morgan fingerprint density at radius 1 is 1.47 bits per heavy atom. The van der Waals surface area contributed by atoms with E-state index in [4.69, 9.17) is 5.11 Å². The first-order valence-corrected chi connectivity index (χ1v) is 7.02. The molecule has 102 valence electrons. The van der Waals surface area contributed by atoms with Crippen LogP contribution < -0.4 is 5.32 Å². The molecular weight excluding hydrogens is 240 g/mol. The zero-order valence-electron chi connectivity index (χ0n) is 11.3. The quantitative estimate of drug-likeness (QED) is 0.762. The number of nitrogens with one attached hydrogen (secondary N) is 1. The summed E-state index contributed by atoms with van der Waals surface area (Å²) in [7, 11) is 0.654. The molecule has 0 aromatic carbocycles. The zero-order valence-corrected chi connectivity index (χ0v) is 12.1. The van der Waals surface area contributed by atoms with Crippen LogP contribution in [0.25, 0.3) is 0 Å². The first-order valence-electron chi connectivity index (χ1n) is 5.70. The Morgan fingerprint density at radius 3 is 2.41 bits per heavy atom. The number of hydrogen-bond acceptors (Lipinski definition) is 3. The van der Waals surface area contributed by atoms with Crippen molar-refractivity contribution >= 4 is 16.8 Å². The lowest BCUT2D eigenvalue weighted by atomic mass is 10.3. The van der Waals surface area contributed by atoms with Gasteiger partial charge in [-0.05, 0) is 27.7 Å². The molecule has 0 aliphatic heterocycles. The number of nitrogens with zero attached hydrogens (tertiary/aromatic N) is 1. The summed E-state index contributed by atoms with van der Waals surface area (Å²) in [4.78, 5) is 12.9. The van der Waals surface area contributed by atoms with Crippen LogP contribution in [0.4, 0.5) is 4.79 Å². The van der Waals surface area contributed by atoms with Gasteiger partial charge in [0.2, 0.25) is 0 Å². The van der Waals surface area contributed by atoms with Gasteiger partial charge in [0, 0.05) is 41.4 Å². The van der Waals surface area contributed by atoms with E-state index in [1.54, 1.807) is 14.0 Å². The maximum absolute atomic E-state index is 11.7. The van der Waals surface area contributed by atoms with Crippen LogP contribution in [0, 0.1) is 0 Å². The van der Waals surface area contributed by atoms with Gasteiger partial charge in [-0.15, -0.1) is 0 Å². The summed E-state index contributed by atoms with van der Waals surface area (Å²) in [6.45, 7) is 8.01. The van der Waals surface area contributed by atoms with Crippen molar-refractivity contribution in [1.29, 1.82) is 0 Å². The van der Waals surface area contributed by atoms with Crippen molar-refractivity contribution in [2.24, 2.45) is 0 Å². The summed E-state index contributed by atoms with van der Waals surface area (Å²) in [5.74, 6) is 0.442. The topological polar surface area (TPSA) is 69.6 Å². The van der Waals surface area contributed by atoms with Gasteiger partial charge in [-0.25, -0.2) is 4.79 Å². The van der Waals surface area contributed by atoms with Crippen LogP contribution in [-0.2, 0) is 10.8 Å². The van der Waals surface area contributed by atoms with Crippen LogP contribution in [-0.4, -0.2) is 57.0 Å². The van der Waals surface area contributed by atoms with Gasteiger partial charge in [-0.3, -0.25) is 4.21 Å². The summed E-state index contributed by atoms with van der Waals surface area (Å²) in [5.41, 5.74) is 0. The fourth-order valence-electron chi connectivity index (χ4n) is 1.17. The monoisotopic (exact) mass is 264 g/mol. The molecule has 0 rings (SSSR count). The summed E-state index contributed by atoms with van der Waals surface area (Å²) < 4.78 is 11.4. The van der Waals surface area contributed by atoms with Gasteiger partial charge >= 0.3 is 6.03 Å². The Bertz CT molecular complexity index is 274. The predicted octanol–water partition coefficient (Wildman–Crippen LogP) is 0.556. The number of likely N-dealkylation sites (N-methyl/N-ethyl adjacent to an activating group) is 1. The number of rotatable bonds is 5. The molecule has 2 atom stereocenters. The van der Waals surface area contributed by atoms with Gasteiger partial charge in [-0.2, -0.15) is 0 Å². The smallest absolute Gasteiger partial charge is 0.317 e. The van der Waals surface area contributed by atoms with Gasteiger partial charge in [-0.1, -0.05) is 0 Å².